The Hall–Kier alpha value is -3.54. The van der Waals surface area contributed by atoms with Crippen molar-refractivity contribution in [2.75, 3.05) is 25.6 Å². The highest BCUT2D eigenvalue weighted by Crippen LogP contribution is 2.29. The molecule has 2 amide bonds. The summed E-state index contributed by atoms with van der Waals surface area (Å²) in [5, 5.41) is 19.9. The van der Waals surface area contributed by atoms with Crippen LogP contribution in [-0.2, 0) is 14.3 Å². The maximum atomic E-state index is 13.9. The fourth-order valence-electron chi connectivity index (χ4n) is 2.94. The second kappa shape index (κ2) is 13.2. The molecular weight excluding hydrogens is 454 g/mol. The summed E-state index contributed by atoms with van der Waals surface area (Å²) in [7, 11) is 1.38. The number of aliphatic hydroxyl groups excluding tert-OH is 1. The number of amides is 2. The van der Waals surface area contributed by atoms with Crippen molar-refractivity contribution in [2.24, 2.45) is 0 Å². The molecule has 11 heteroatoms. The van der Waals surface area contributed by atoms with E-state index in [1.807, 2.05) is 0 Å². The topological polar surface area (TPSA) is 126 Å². The van der Waals surface area contributed by atoms with E-state index >= 15 is 0 Å². The number of halogens is 2. The highest BCUT2D eigenvalue weighted by Gasteiger charge is 2.27. The van der Waals surface area contributed by atoms with Gasteiger partial charge in [-0.1, -0.05) is 18.2 Å². The Bertz CT molecular complexity index is 999. The maximum Gasteiger partial charge on any atom is 0.412 e. The molecule has 0 fully saturated rings. The molecule has 34 heavy (non-hydrogen) atoms. The lowest BCUT2D eigenvalue weighted by Crippen LogP contribution is -2.28. The van der Waals surface area contributed by atoms with E-state index in [2.05, 4.69) is 5.32 Å². The van der Waals surface area contributed by atoms with Gasteiger partial charge >= 0.3 is 6.09 Å². The van der Waals surface area contributed by atoms with Gasteiger partial charge in [0.15, 0.2) is 6.10 Å². The first-order valence-electron chi connectivity index (χ1n) is 10.2. The largest absolute Gasteiger partial charge is 0.491 e. The van der Waals surface area contributed by atoms with Crippen molar-refractivity contribution in [3.05, 3.63) is 71.3 Å². The Labute approximate surface area is 194 Å². The molecule has 0 spiro atoms. The van der Waals surface area contributed by atoms with Crippen molar-refractivity contribution in [2.45, 2.75) is 25.6 Å². The summed E-state index contributed by atoms with van der Waals surface area (Å²) in [6.45, 7) is 1.42. The van der Waals surface area contributed by atoms with E-state index < -0.39 is 35.8 Å². The monoisotopic (exact) mass is 480 g/mol. The highest BCUT2D eigenvalue weighted by molar-refractivity contribution is 5.91. The fourth-order valence-corrected chi connectivity index (χ4v) is 2.94. The lowest BCUT2D eigenvalue weighted by molar-refractivity contribution is -0.125. The molecule has 4 N–H and O–H groups in total. The summed E-state index contributed by atoms with van der Waals surface area (Å²) >= 11 is 0. The summed E-state index contributed by atoms with van der Waals surface area (Å²) in [6.07, 6.45) is -1.21. The standard InChI is InChI=1S/C23H26F2N2O7/c1-14(22(29)27-31)3-10-20(32-2)21(15-4-7-17(8-5-15)33-12-11-28)34-23(30)26-19-9-6-16(24)13-18(19)25/h3-9,13,20-21,28,31H,10-12H2,1-2H3,(H,26,30)(H,27,29)/b14-3+/t20-,21-/m0/s1. The normalized spacial score (nSPS) is 13.1. The number of anilines is 1. The Kier molecular flexibility index (Phi) is 10.4. The quantitative estimate of drug-likeness (QED) is 0.220. The van der Waals surface area contributed by atoms with Gasteiger partial charge in [-0.05, 0) is 43.2 Å². The van der Waals surface area contributed by atoms with Crippen LogP contribution < -0.4 is 15.5 Å². The van der Waals surface area contributed by atoms with Gasteiger partial charge < -0.3 is 19.3 Å². The van der Waals surface area contributed by atoms with Crippen LogP contribution in [0.4, 0.5) is 19.3 Å². The minimum Gasteiger partial charge on any atom is -0.491 e. The van der Waals surface area contributed by atoms with Gasteiger partial charge in [-0.2, -0.15) is 0 Å². The minimum absolute atomic E-state index is 0.0998. The van der Waals surface area contributed by atoms with Gasteiger partial charge in [0.05, 0.1) is 12.3 Å². The van der Waals surface area contributed by atoms with Crippen molar-refractivity contribution < 1.29 is 42.9 Å². The van der Waals surface area contributed by atoms with E-state index in [0.29, 0.717) is 17.4 Å². The summed E-state index contributed by atoms with van der Waals surface area (Å²) in [6, 6.07) is 9.10. The van der Waals surface area contributed by atoms with Crippen LogP contribution >= 0.6 is 0 Å². The third-order valence-electron chi connectivity index (χ3n) is 4.73. The predicted molar refractivity (Wildman–Crippen MR) is 117 cm³/mol. The molecule has 0 aliphatic heterocycles. The van der Waals surface area contributed by atoms with Crippen LogP contribution in [0.2, 0.25) is 0 Å². The molecule has 0 saturated carbocycles. The number of hydrogen-bond donors (Lipinski definition) is 4. The molecule has 9 nitrogen and oxygen atoms in total. The molecule has 0 radical (unpaired) electrons. The first-order valence-corrected chi connectivity index (χ1v) is 10.2. The average molecular weight is 480 g/mol. The summed E-state index contributed by atoms with van der Waals surface area (Å²) in [5.41, 5.74) is 1.94. The van der Waals surface area contributed by atoms with Gasteiger partial charge in [0.25, 0.3) is 5.91 Å². The van der Waals surface area contributed by atoms with E-state index in [9.17, 15) is 18.4 Å². The van der Waals surface area contributed by atoms with Gasteiger partial charge in [-0.3, -0.25) is 15.3 Å². The first kappa shape index (κ1) is 26.7. The molecule has 0 unspecified atom stereocenters. The number of carbonyl (C=O) groups excluding carboxylic acids is 2. The van der Waals surface area contributed by atoms with Gasteiger partial charge in [-0.15, -0.1) is 0 Å². The predicted octanol–water partition coefficient (Wildman–Crippen LogP) is 3.48. The van der Waals surface area contributed by atoms with Gasteiger partial charge in [0, 0.05) is 18.7 Å². The number of benzene rings is 2. The van der Waals surface area contributed by atoms with E-state index in [1.165, 1.54) is 25.6 Å². The Morgan fingerprint density at radius 2 is 1.85 bits per heavy atom. The number of rotatable bonds is 11. The van der Waals surface area contributed by atoms with Crippen molar-refractivity contribution >= 4 is 17.7 Å². The Morgan fingerprint density at radius 1 is 1.15 bits per heavy atom. The molecule has 0 heterocycles. The van der Waals surface area contributed by atoms with Gasteiger partial charge in [0.2, 0.25) is 0 Å². The van der Waals surface area contributed by atoms with Crippen molar-refractivity contribution in [1.82, 2.24) is 5.48 Å². The first-order chi connectivity index (χ1) is 16.3. The molecular formula is C23H26F2N2O7. The fraction of sp³-hybridized carbons (Fsp3) is 0.304. The zero-order chi connectivity index (χ0) is 25.1. The van der Waals surface area contributed by atoms with Gasteiger partial charge in [0.1, 0.15) is 30.1 Å². The minimum atomic E-state index is -1.02. The molecule has 0 aliphatic carbocycles. The number of methoxy groups -OCH3 is 1. The molecule has 0 saturated heterocycles. The highest BCUT2D eigenvalue weighted by atomic mass is 19.1. The van der Waals surface area contributed by atoms with Crippen LogP contribution in [-0.4, -0.2) is 48.7 Å². The Balaban J connectivity index is 2.27. The lowest BCUT2D eigenvalue weighted by atomic mass is 10.0. The van der Waals surface area contributed by atoms with Crippen molar-refractivity contribution in [3.8, 4) is 5.75 Å². The van der Waals surface area contributed by atoms with Crippen LogP contribution in [0.1, 0.15) is 25.0 Å². The Morgan fingerprint density at radius 3 is 2.44 bits per heavy atom. The number of hydroxylamine groups is 1. The molecule has 184 valence electrons. The summed E-state index contributed by atoms with van der Waals surface area (Å²) < 4.78 is 43.4. The van der Waals surface area contributed by atoms with Gasteiger partial charge in [-0.25, -0.2) is 19.1 Å². The SMILES string of the molecule is CO[C@@H](C/C=C(\C)C(=O)NO)[C@@H](OC(=O)Nc1ccc(F)cc1F)c1ccc(OCCO)cc1. The van der Waals surface area contributed by atoms with E-state index in [4.69, 9.17) is 24.5 Å². The summed E-state index contributed by atoms with van der Waals surface area (Å²) in [5.74, 6) is -2.01. The summed E-state index contributed by atoms with van der Waals surface area (Å²) in [4.78, 5) is 24.1. The molecule has 0 bridgehead atoms. The smallest absolute Gasteiger partial charge is 0.412 e. The number of hydrogen-bond acceptors (Lipinski definition) is 7. The zero-order valence-corrected chi connectivity index (χ0v) is 18.6. The third kappa shape index (κ3) is 7.80. The molecule has 0 aliphatic rings. The molecule has 0 aromatic heterocycles. The lowest BCUT2D eigenvalue weighted by Gasteiger charge is -2.26. The number of ether oxygens (including phenoxy) is 3. The van der Waals surface area contributed by atoms with Crippen molar-refractivity contribution in [1.29, 1.82) is 0 Å². The molecule has 2 aromatic rings. The molecule has 2 aromatic carbocycles. The van der Waals surface area contributed by atoms with Crippen molar-refractivity contribution in [3.63, 3.8) is 0 Å². The average Bonchev–Trinajstić information content (AvgIpc) is 2.83. The van der Waals surface area contributed by atoms with Crippen LogP contribution in [0.5, 0.6) is 5.75 Å². The number of carbonyl (C=O) groups is 2. The molecule has 2 atom stereocenters. The number of nitrogens with one attached hydrogen (secondary N) is 2. The van der Waals surface area contributed by atoms with Crippen LogP contribution in [0.25, 0.3) is 0 Å². The van der Waals surface area contributed by atoms with E-state index in [1.54, 1.807) is 24.3 Å². The van der Waals surface area contributed by atoms with E-state index in [-0.39, 0.29) is 30.9 Å². The second-order valence-electron chi connectivity index (χ2n) is 7.05. The van der Waals surface area contributed by atoms with Crippen LogP contribution in [0.15, 0.2) is 54.1 Å². The van der Waals surface area contributed by atoms with Crippen LogP contribution in [0.3, 0.4) is 0 Å². The molecule has 2 rings (SSSR count). The van der Waals surface area contributed by atoms with Crippen LogP contribution in [0, 0.1) is 11.6 Å². The third-order valence-corrected chi connectivity index (χ3v) is 4.73. The number of aliphatic hydroxyl groups is 1. The zero-order valence-electron chi connectivity index (χ0n) is 18.6. The second-order valence-corrected chi connectivity index (χ2v) is 7.05. The maximum absolute atomic E-state index is 13.9. The van der Waals surface area contributed by atoms with E-state index in [0.717, 1.165) is 12.1 Å².